The van der Waals surface area contributed by atoms with Gasteiger partial charge in [0.1, 0.15) is 0 Å². The number of likely N-dealkylation sites (tertiary alicyclic amines) is 1. The van der Waals surface area contributed by atoms with Crippen molar-refractivity contribution in [1.82, 2.24) is 14.9 Å². The molecule has 1 unspecified atom stereocenters. The van der Waals surface area contributed by atoms with Gasteiger partial charge in [-0.2, -0.15) is 13.2 Å². The van der Waals surface area contributed by atoms with Crippen molar-refractivity contribution in [2.75, 3.05) is 13.1 Å². The second-order valence-electron chi connectivity index (χ2n) is 5.49. The summed E-state index contributed by atoms with van der Waals surface area (Å²) >= 11 is 0. The second-order valence-corrected chi connectivity index (χ2v) is 5.49. The monoisotopic (exact) mass is 317 g/mol. The molecule has 1 aromatic heterocycles. The third-order valence-corrected chi connectivity index (χ3v) is 3.65. The molecule has 1 saturated heterocycles. The Morgan fingerprint density at radius 2 is 1.91 bits per heavy atom. The largest absolute Gasteiger partial charge is 0.481 e. The van der Waals surface area contributed by atoms with E-state index in [1.165, 1.54) is 11.8 Å². The molecule has 22 heavy (non-hydrogen) atoms. The van der Waals surface area contributed by atoms with Crippen LogP contribution in [0.3, 0.4) is 0 Å². The van der Waals surface area contributed by atoms with Crippen LogP contribution < -0.4 is 0 Å². The van der Waals surface area contributed by atoms with Crippen LogP contribution in [0.2, 0.25) is 0 Å². The fraction of sp³-hybridized carbons (Fsp3) is 0.538. The van der Waals surface area contributed by atoms with Crippen LogP contribution >= 0.6 is 0 Å². The van der Waals surface area contributed by atoms with E-state index in [9.17, 15) is 27.9 Å². The number of carbonyl (C=O) groups excluding carboxylic acids is 1. The number of hydrogen-bond donors (Lipinski definition) is 1. The van der Waals surface area contributed by atoms with Crippen LogP contribution in [0.5, 0.6) is 0 Å². The molecule has 0 spiro atoms. The lowest BCUT2D eigenvalue weighted by Gasteiger charge is -2.37. The van der Waals surface area contributed by atoms with Crippen LogP contribution in [0.4, 0.5) is 13.2 Å². The number of aliphatic carboxylic acids is 1. The Morgan fingerprint density at radius 3 is 2.41 bits per heavy atom. The van der Waals surface area contributed by atoms with Gasteiger partial charge in [0.25, 0.3) is 5.91 Å². The third-order valence-electron chi connectivity index (χ3n) is 3.65. The fourth-order valence-corrected chi connectivity index (χ4v) is 2.35. The molecule has 1 atom stereocenters. The highest BCUT2D eigenvalue weighted by Crippen LogP contribution is 2.30. The molecule has 0 bridgehead atoms. The molecule has 2 heterocycles. The van der Waals surface area contributed by atoms with Crippen LogP contribution in [0.15, 0.2) is 12.4 Å². The van der Waals surface area contributed by atoms with E-state index in [4.69, 9.17) is 0 Å². The molecule has 9 heteroatoms. The standard InChI is InChI=1S/C13H14F3N3O3/c1-12(11(21)22)3-2-4-19(7-12)9(20)8-5-17-10(18-6-8)13(14,15)16/h5-6H,2-4,7H2,1H3,(H,21,22). The summed E-state index contributed by atoms with van der Waals surface area (Å²) in [5.74, 6) is -2.90. The van der Waals surface area contributed by atoms with Gasteiger partial charge in [-0.3, -0.25) is 9.59 Å². The summed E-state index contributed by atoms with van der Waals surface area (Å²) in [6, 6.07) is 0. The van der Waals surface area contributed by atoms with Crippen molar-refractivity contribution in [2.45, 2.75) is 25.9 Å². The highest BCUT2D eigenvalue weighted by atomic mass is 19.4. The first-order chi connectivity index (χ1) is 10.1. The quantitative estimate of drug-likeness (QED) is 0.899. The van der Waals surface area contributed by atoms with Crippen LogP contribution in [0.25, 0.3) is 0 Å². The van der Waals surface area contributed by atoms with Crippen molar-refractivity contribution < 1.29 is 27.9 Å². The zero-order chi connectivity index (χ0) is 16.5. The number of halogens is 3. The normalized spacial score (nSPS) is 22.5. The second kappa shape index (κ2) is 5.54. The van der Waals surface area contributed by atoms with Gasteiger partial charge < -0.3 is 10.0 Å². The zero-order valence-electron chi connectivity index (χ0n) is 11.7. The summed E-state index contributed by atoms with van der Waals surface area (Å²) in [6.07, 6.45) is -2.10. The van der Waals surface area contributed by atoms with Crippen LogP contribution in [-0.4, -0.2) is 44.9 Å². The summed E-state index contributed by atoms with van der Waals surface area (Å²) in [5.41, 5.74) is -1.15. The molecule has 1 aromatic rings. The first-order valence-corrected chi connectivity index (χ1v) is 6.55. The summed E-state index contributed by atoms with van der Waals surface area (Å²) in [5, 5.41) is 9.21. The Hall–Kier alpha value is -2.19. The molecular formula is C13H14F3N3O3. The van der Waals surface area contributed by atoms with E-state index in [1.54, 1.807) is 0 Å². The van der Waals surface area contributed by atoms with Crippen molar-refractivity contribution in [3.05, 3.63) is 23.8 Å². The van der Waals surface area contributed by atoms with Crippen LogP contribution in [0.1, 0.15) is 35.9 Å². The number of nitrogens with zero attached hydrogens (tertiary/aromatic N) is 3. The maximum atomic E-state index is 12.4. The SMILES string of the molecule is CC1(C(=O)O)CCCN(C(=O)c2cnc(C(F)(F)F)nc2)C1. The first-order valence-electron chi connectivity index (χ1n) is 6.55. The predicted octanol–water partition coefficient (Wildman–Crippen LogP) is 1.82. The lowest BCUT2D eigenvalue weighted by Crippen LogP contribution is -2.48. The van der Waals surface area contributed by atoms with Crippen molar-refractivity contribution in [3.63, 3.8) is 0 Å². The van der Waals surface area contributed by atoms with Gasteiger partial charge in [-0.05, 0) is 19.8 Å². The van der Waals surface area contributed by atoms with E-state index < -0.39 is 29.3 Å². The van der Waals surface area contributed by atoms with Crippen molar-refractivity contribution in [3.8, 4) is 0 Å². The van der Waals surface area contributed by atoms with E-state index in [0.717, 1.165) is 12.4 Å². The number of amides is 1. The van der Waals surface area contributed by atoms with Gasteiger partial charge in [0.05, 0.1) is 11.0 Å². The smallest absolute Gasteiger partial charge is 0.451 e. The number of carboxylic acids is 1. The molecule has 0 aromatic carbocycles. The summed E-state index contributed by atoms with van der Waals surface area (Å²) in [7, 11) is 0. The molecule has 6 nitrogen and oxygen atoms in total. The minimum absolute atomic E-state index is 0.00217. The fourth-order valence-electron chi connectivity index (χ4n) is 2.35. The predicted molar refractivity (Wildman–Crippen MR) is 67.9 cm³/mol. The number of piperidine rings is 1. The topological polar surface area (TPSA) is 83.4 Å². The number of rotatable bonds is 2. The van der Waals surface area contributed by atoms with Gasteiger partial charge in [-0.25, -0.2) is 9.97 Å². The average Bonchev–Trinajstić information content (AvgIpc) is 2.45. The molecule has 2 rings (SSSR count). The zero-order valence-corrected chi connectivity index (χ0v) is 11.7. The molecule has 1 aliphatic heterocycles. The number of carboxylic acid groups (broad SMARTS) is 1. The Bertz CT molecular complexity index is 588. The Kier molecular flexibility index (Phi) is 4.08. The highest BCUT2D eigenvalue weighted by molar-refractivity contribution is 5.94. The number of carbonyl (C=O) groups is 2. The van der Waals surface area contributed by atoms with Crippen molar-refractivity contribution in [2.24, 2.45) is 5.41 Å². The highest BCUT2D eigenvalue weighted by Gasteiger charge is 2.40. The molecule has 1 amide bonds. The summed E-state index contributed by atoms with van der Waals surface area (Å²) in [4.78, 5) is 31.1. The van der Waals surface area contributed by atoms with Gasteiger partial charge in [0.15, 0.2) is 0 Å². The van der Waals surface area contributed by atoms with Crippen LogP contribution in [-0.2, 0) is 11.0 Å². The van der Waals surface area contributed by atoms with E-state index >= 15 is 0 Å². The lowest BCUT2D eigenvalue weighted by atomic mass is 9.82. The lowest BCUT2D eigenvalue weighted by molar-refractivity contribution is -0.150. The molecule has 0 saturated carbocycles. The molecule has 1 fully saturated rings. The number of alkyl halides is 3. The van der Waals surface area contributed by atoms with Crippen molar-refractivity contribution in [1.29, 1.82) is 0 Å². The van der Waals surface area contributed by atoms with Gasteiger partial charge in [0, 0.05) is 25.5 Å². The maximum Gasteiger partial charge on any atom is 0.451 e. The summed E-state index contributed by atoms with van der Waals surface area (Å²) in [6.45, 7) is 1.89. The van der Waals surface area contributed by atoms with Gasteiger partial charge in [-0.15, -0.1) is 0 Å². The molecule has 1 aliphatic rings. The molecule has 0 radical (unpaired) electrons. The minimum Gasteiger partial charge on any atom is -0.481 e. The van der Waals surface area contributed by atoms with E-state index in [0.29, 0.717) is 19.4 Å². The van der Waals surface area contributed by atoms with Gasteiger partial charge in [-0.1, -0.05) is 0 Å². The maximum absolute atomic E-state index is 12.4. The van der Waals surface area contributed by atoms with Gasteiger partial charge in [0.2, 0.25) is 5.82 Å². The molecule has 120 valence electrons. The molecule has 1 N–H and O–H groups in total. The van der Waals surface area contributed by atoms with Crippen molar-refractivity contribution >= 4 is 11.9 Å². The van der Waals surface area contributed by atoms with E-state index in [2.05, 4.69) is 9.97 Å². The molecule has 0 aliphatic carbocycles. The average molecular weight is 317 g/mol. The molecular weight excluding hydrogens is 303 g/mol. The Labute approximate surface area is 124 Å². The van der Waals surface area contributed by atoms with E-state index in [-0.39, 0.29) is 12.1 Å². The number of hydrogen-bond acceptors (Lipinski definition) is 4. The minimum atomic E-state index is -4.67. The van der Waals surface area contributed by atoms with E-state index in [1.807, 2.05) is 0 Å². The Balaban J connectivity index is 2.16. The Morgan fingerprint density at radius 1 is 1.32 bits per heavy atom. The third kappa shape index (κ3) is 3.18. The van der Waals surface area contributed by atoms with Gasteiger partial charge >= 0.3 is 12.1 Å². The number of aromatic nitrogens is 2. The summed E-state index contributed by atoms with van der Waals surface area (Å²) < 4.78 is 37.1. The first kappa shape index (κ1) is 16.2. The van der Waals surface area contributed by atoms with Crippen LogP contribution in [0, 0.1) is 5.41 Å².